The molecule has 2 aromatic rings. The van der Waals surface area contributed by atoms with E-state index in [9.17, 15) is 14.9 Å². The number of nitrogens with one attached hydrogen (secondary N) is 1. The molecule has 0 aliphatic heterocycles. The zero-order chi connectivity index (χ0) is 15.4. The predicted octanol–water partition coefficient (Wildman–Crippen LogP) is 1.40. The van der Waals surface area contributed by atoms with Crippen molar-refractivity contribution in [1.82, 2.24) is 15.2 Å². The number of hydrogen-bond acceptors (Lipinski definition) is 5. The Morgan fingerprint density at radius 1 is 1.43 bits per heavy atom. The molecule has 108 valence electrons. The van der Waals surface area contributed by atoms with Crippen molar-refractivity contribution in [3.63, 3.8) is 0 Å². The fraction of sp³-hybridized carbons (Fsp3) is 0.154. The van der Waals surface area contributed by atoms with Crippen LogP contribution in [0.2, 0.25) is 0 Å². The van der Waals surface area contributed by atoms with Gasteiger partial charge in [0.25, 0.3) is 5.91 Å². The number of nitrogens with zero attached hydrogens (tertiary/aromatic N) is 4. The number of benzene rings is 1. The van der Waals surface area contributed by atoms with Crippen LogP contribution < -0.4 is 5.43 Å². The van der Waals surface area contributed by atoms with Crippen molar-refractivity contribution in [2.75, 3.05) is 0 Å². The van der Waals surface area contributed by atoms with E-state index in [1.165, 1.54) is 24.9 Å². The van der Waals surface area contributed by atoms with Crippen molar-refractivity contribution in [2.45, 2.75) is 6.92 Å². The van der Waals surface area contributed by atoms with E-state index in [0.29, 0.717) is 0 Å². The highest BCUT2D eigenvalue weighted by Gasteiger charge is 2.28. The molecule has 1 heterocycles. The fourth-order valence-corrected chi connectivity index (χ4v) is 1.88. The standard InChI is InChI=1S/C13H13N5O3/c1-9-11(18(20)21)12(17(2)16-9)13(19)15-14-8-10-6-4-3-5-7-10/h3-8H,1-2H3,(H,15,19)/b14-8-. The summed E-state index contributed by atoms with van der Waals surface area (Å²) >= 11 is 0. The number of carbonyl (C=O) groups excluding carboxylic acids is 1. The monoisotopic (exact) mass is 287 g/mol. The van der Waals surface area contributed by atoms with Crippen LogP contribution in [-0.2, 0) is 7.05 Å². The van der Waals surface area contributed by atoms with Gasteiger partial charge in [0.05, 0.1) is 11.1 Å². The molecular formula is C13H13N5O3. The smallest absolute Gasteiger partial charge is 0.265 e. The minimum absolute atomic E-state index is 0.136. The van der Waals surface area contributed by atoms with Crippen LogP contribution in [0, 0.1) is 17.0 Å². The second-order valence-electron chi connectivity index (χ2n) is 4.27. The van der Waals surface area contributed by atoms with E-state index in [1.807, 2.05) is 30.3 Å². The van der Waals surface area contributed by atoms with E-state index >= 15 is 0 Å². The molecule has 8 heteroatoms. The first-order valence-electron chi connectivity index (χ1n) is 6.07. The number of nitro groups is 1. The molecular weight excluding hydrogens is 274 g/mol. The number of rotatable bonds is 4. The molecule has 1 aromatic carbocycles. The molecule has 0 aliphatic rings. The molecule has 8 nitrogen and oxygen atoms in total. The number of hydrazone groups is 1. The summed E-state index contributed by atoms with van der Waals surface area (Å²) < 4.78 is 1.17. The Balaban J connectivity index is 2.18. The third-order valence-electron chi connectivity index (χ3n) is 2.77. The number of aromatic nitrogens is 2. The Kier molecular flexibility index (Phi) is 4.07. The topological polar surface area (TPSA) is 102 Å². The lowest BCUT2D eigenvalue weighted by Crippen LogP contribution is -2.22. The van der Waals surface area contributed by atoms with E-state index in [1.54, 1.807) is 0 Å². The van der Waals surface area contributed by atoms with Gasteiger partial charge in [0.2, 0.25) is 5.69 Å². The molecule has 0 atom stereocenters. The van der Waals surface area contributed by atoms with Crippen molar-refractivity contribution in [3.05, 3.63) is 57.4 Å². The van der Waals surface area contributed by atoms with Gasteiger partial charge < -0.3 is 0 Å². The van der Waals surface area contributed by atoms with Crippen molar-refractivity contribution >= 4 is 17.8 Å². The Bertz CT molecular complexity index is 706. The molecule has 2 rings (SSSR count). The minimum Gasteiger partial charge on any atom is -0.265 e. The van der Waals surface area contributed by atoms with Gasteiger partial charge in [0.15, 0.2) is 0 Å². The Labute approximate surface area is 120 Å². The summed E-state index contributed by atoms with van der Waals surface area (Å²) in [5, 5.41) is 18.7. The van der Waals surface area contributed by atoms with Gasteiger partial charge in [-0.15, -0.1) is 0 Å². The molecule has 0 aliphatic carbocycles. The van der Waals surface area contributed by atoms with Crippen molar-refractivity contribution < 1.29 is 9.72 Å². The summed E-state index contributed by atoms with van der Waals surface area (Å²) in [6.45, 7) is 1.47. The Morgan fingerprint density at radius 3 is 2.71 bits per heavy atom. The first-order valence-corrected chi connectivity index (χ1v) is 6.07. The van der Waals surface area contributed by atoms with Crippen molar-refractivity contribution in [2.24, 2.45) is 12.1 Å². The molecule has 1 N–H and O–H groups in total. The van der Waals surface area contributed by atoms with E-state index in [-0.39, 0.29) is 17.1 Å². The van der Waals surface area contributed by atoms with E-state index in [0.717, 1.165) is 5.56 Å². The molecule has 0 saturated heterocycles. The third-order valence-corrected chi connectivity index (χ3v) is 2.77. The van der Waals surface area contributed by atoms with Crippen LogP contribution in [0.15, 0.2) is 35.4 Å². The van der Waals surface area contributed by atoms with E-state index in [4.69, 9.17) is 0 Å². The van der Waals surface area contributed by atoms with Gasteiger partial charge in [-0.2, -0.15) is 10.2 Å². The van der Waals surface area contributed by atoms with Crippen LogP contribution in [0.25, 0.3) is 0 Å². The summed E-state index contributed by atoms with van der Waals surface area (Å²) in [5.74, 6) is -0.683. The lowest BCUT2D eigenvalue weighted by molar-refractivity contribution is -0.385. The molecule has 0 bridgehead atoms. The molecule has 0 spiro atoms. The lowest BCUT2D eigenvalue weighted by atomic mass is 10.2. The summed E-state index contributed by atoms with van der Waals surface area (Å²) in [5.41, 5.74) is 2.79. The highest BCUT2D eigenvalue weighted by atomic mass is 16.6. The zero-order valence-corrected chi connectivity index (χ0v) is 11.5. The van der Waals surface area contributed by atoms with Gasteiger partial charge in [-0.05, 0) is 12.5 Å². The maximum atomic E-state index is 12.0. The number of amides is 1. The zero-order valence-electron chi connectivity index (χ0n) is 11.5. The average molecular weight is 287 g/mol. The largest absolute Gasteiger partial charge is 0.322 e. The molecule has 0 fully saturated rings. The molecule has 0 unspecified atom stereocenters. The highest BCUT2D eigenvalue weighted by molar-refractivity contribution is 5.97. The third kappa shape index (κ3) is 3.11. The minimum atomic E-state index is -0.683. The van der Waals surface area contributed by atoms with Gasteiger partial charge in [0, 0.05) is 7.05 Å². The van der Waals surface area contributed by atoms with Crippen LogP contribution in [0.4, 0.5) is 5.69 Å². The molecule has 0 radical (unpaired) electrons. The van der Waals surface area contributed by atoms with Gasteiger partial charge in [-0.1, -0.05) is 30.3 Å². The molecule has 21 heavy (non-hydrogen) atoms. The highest BCUT2D eigenvalue weighted by Crippen LogP contribution is 2.21. The predicted molar refractivity (Wildman–Crippen MR) is 76.1 cm³/mol. The summed E-state index contributed by atoms with van der Waals surface area (Å²) in [6, 6.07) is 9.15. The van der Waals surface area contributed by atoms with Gasteiger partial charge in [0.1, 0.15) is 5.69 Å². The summed E-state index contributed by atoms with van der Waals surface area (Å²) in [6.07, 6.45) is 1.45. The number of carbonyl (C=O) groups is 1. The van der Waals surface area contributed by atoms with Crippen molar-refractivity contribution in [1.29, 1.82) is 0 Å². The van der Waals surface area contributed by atoms with E-state index < -0.39 is 10.8 Å². The normalized spacial score (nSPS) is 10.8. The van der Waals surface area contributed by atoms with Crippen LogP contribution in [0.1, 0.15) is 21.7 Å². The quantitative estimate of drug-likeness (QED) is 0.521. The maximum absolute atomic E-state index is 12.0. The Morgan fingerprint density at radius 2 is 2.10 bits per heavy atom. The van der Waals surface area contributed by atoms with Crippen molar-refractivity contribution in [3.8, 4) is 0 Å². The van der Waals surface area contributed by atoms with Crippen LogP contribution >= 0.6 is 0 Å². The summed E-state index contributed by atoms with van der Waals surface area (Å²) in [4.78, 5) is 22.4. The first-order chi connectivity index (χ1) is 10.0. The average Bonchev–Trinajstić information content (AvgIpc) is 2.74. The fourth-order valence-electron chi connectivity index (χ4n) is 1.88. The summed E-state index contributed by atoms with van der Waals surface area (Å²) in [7, 11) is 1.47. The number of aryl methyl sites for hydroxylation is 2. The van der Waals surface area contributed by atoms with Gasteiger partial charge in [-0.25, -0.2) is 5.43 Å². The van der Waals surface area contributed by atoms with Gasteiger partial charge >= 0.3 is 5.69 Å². The first kappa shape index (κ1) is 14.4. The van der Waals surface area contributed by atoms with Crippen LogP contribution in [0.3, 0.4) is 0 Å². The SMILES string of the molecule is Cc1nn(C)c(C(=O)N/N=C\c2ccccc2)c1[N+](=O)[O-]. The maximum Gasteiger partial charge on any atom is 0.322 e. The second-order valence-corrected chi connectivity index (χ2v) is 4.27. The molecule has 1 aromatic heterocycles. The molecule has 1 amide bonds. The van der Waals surface area contributed by atoms with E-state index in [2.05, 4.69) is 15.6 Å². The van der Waals surface area contributed by atoms with Crippen LogP contribution in [-0.4, -0.2) is 26.8 Å². The van der Waals surface area contributed by atoms with Gasteiger partial charge in [-0.3, -0.25) is 19.6 Å². The van der Waals surface area contributed by atoms with Crippen LogP contribution in [0.5, 0.6) is 0 Å². The Hall–Kier alpha value is -3.03. The molecule has 0 saturated carbocycles. The second kappa shape index (κ2) is 5.95. The number of hydrogen-bond donors (Lipinski definition) is 1. The lowest BCUT2D eigenvalue weighted by Gasteiger charge is -1.99.